The molecule has 4 rings (SSSR count). The Balaban J connectivity index is 1.46. The molecule has 1 aromatic carbocycles. The predicted molar refractivity (Wildman–Crippen MR) is 110 cm³/mol. The molecule has 0 spiro atoms. The van der Waals surface area contributed by atoms with Gasteiger partial charge in [-0.15, -0.1) is 22.7 Å². The summed E-state index contributed by atoms with van der Waals surface area (Å²) in [7, 11) is 0. The Hall–Kier alpha value is -1.89. The van der Waals surface area contributed by atoms with E-state index in [1.807, 2.05) is 30.0 Å². The molecule has 3 aromatic rings. The standard InChI is InChI=1S/C20H19ClN2O2S2/c1-13-19(20(24)23(15-6-7-15)11-17-3-2-10-26-17)27-18(22-13)12-25-16-8-4-14(21)5-9-16/h2-5,8-10,15H,6-7,11-12H2,1H3. The molecule has 0 atom stereocenters. The maximum atomic E-state index is 13.1. The molecule has 2 aromatic heterocycles. The summed E-state index contributed by atoms with van der Waals surface area (Å²) in [5.74, 6) is 0.816. The van der Waals surface area contributed by atoms with E-state index in [0.29, 0.717) is 29.1 Å². The summed E-state index contributed by atoms with van der Waals surface area (Å²) in [5, 5.41) is 3.53. The molecule has 0 bridgehead atoms. The topological polar surface area (TPSA) is 42.4 Å². The molecule has 0 radical (unpaired) electrons. The summed E-state index contributed by atoms with van der Waals surface area (Å²) in [4.78, 5) is 21.6. The molecule has 0 unspecified atom stereocenters. The highest BCUT2D eigenvalue weighted by atomic mass is 35.5. The number of thiazole rings is 1. The third-order valence-electron chi connectivity index (χ3n) is 4.37. The van der Waals surface area contributed by atoms with E-state index in [4.69, 9.17) is 16.3 Å². The van der Waals surface area contributed by atoms with Crippen molar-refractivity contribution < 1.29 is 9.53 Å². The first-order chi connectivity index (χ1) is 13.1. The highest BCUT2D eigenvalue weighted by Gasteiger charge is 2.34. The molecular formula is C20H19ClN2O2S2. The van der Waals surface area contributed by atoms with E-state index in [0.717, 1.165) is 29.3 Å². The molecule has 1 aliphatic rings. The van der Waals surface area contributed by atoms with Crippen LogP contribution in [0.25, 0.3) is 0 Å². The number of hydrogen-bond acceptors (Lipinski definition) is 5. The minimum absolute atomic E-state index is 0.0821. The lowest BCUT2D eigenvalue weighted by Crippen LogP contribution is -2.32. The van der Waals surface area contributed by atoms with Gasteiger partial charge in [-0.3, -0.25) is 4.79 Å². The highest BCUT2D eigenvalue weighted by molar-refractivity contribution is 7.13. The van der Waals surface area contributed by atoms with Gasteiger partial charge in [-0.1, -0.05) is 17.7 Å². The van der Waals surface area contributed by atoms with Crippen molar-refractivity contribution >= 4 is 40.2 Å². The molecular weight excluding hydrogens is 400 g/mol. The van der Waals surface area contributed by atoms with E-state index in [2.05, 4.69) is 16.4 Å². The number of benzene rings is 1. The fraction of sp³-hybridized carbons (Fsp3) is 0.300. The summed E-state index contributed by atoms with van der Waals surface area (Å²) >= 11 is 9.01. The first-order valence-corrected chi connectivity index (χ1v) is 10.9. The quantitative estimate of drug-likeness (QED) is 0.505. The summed E-state index contributed by atoms with van der Waals surface area (Å²) in [6.07, 6.45) is 2.17. The van der Waals surface area contributed by atoms with Gasteiger partial charge in [-0.2, -0.15) is 0 Å². The van der Waals surface area contributed by atoms with Crippen molar-refractivity contribution in [3.8, 4) is 5.75 Å². The van der Waals surface area contributed by atoms with Crippen molar-refractivity contribution in [2.24, 2.45) is 0 Å². The van der Waals surface area contributed by atoms with Crippen molar-refractivity contribution in [3.05, 3.63) is 67.3 Å². The van der Waals surface area contributed by atoms with Crippen LogP contribution in [0, 0.1) is 6.92 Å². The number of halogens is 1. The number of ether oxygens (including phenoxy) is 1. The lowest BCUT2D eigenvalue weighted by atomic mass is 10.3. The predicted octanol–water partition coefficient (Wildman–Crippen LogP) is 5.55. The second kappa shape index (κ2) is 8.00. The zero-order chi connectivity index (χ0) is 18.8. The van der Waals surface area contributed by atoms with E-state index < -0.39 is 0 Å². The van der Waals surface area contributed by atoms with E-state index in [9.17, 15) is 4.79 Å². The van der Waals surface area contributed by atoms with Gasteiger partial charge >= 0.3 is 0 Å². The van der Waals surface area contributed by atoms with Crippen LogP contribution in [0.15, 0.2) is 41.8 Å². The van der Waals surface area contributed by atoms with Gasteiger partial charge in [0.25, 0.3) is 5.91 Å². The van der Waals surface area contributed by atoms with Crippen LogP contribution in [-0.4, -0.2) is 21.8 Å². The van der Waals surface area contributed by atoms with Gasteiger partial charge in [0, 0.05) is 15.9 Å². The molecule has 2 heterocycles. The SMILES string of the molecule is Cc1nc(COc2ccc(Cl)cc2)sc1C(=O)N(Cc1cccs1)C1CC1. The molecule has 27 heavy (non-hydrogen) atoms. The van der Waals surface area contributed by atoms with Gasteiger partial charge in [0.2, 0.25) is 0 Å². The Morgan fingerprint density at radius 1 is 1.30 bits per heavy atom. The molecule has 1 fully saturated rings. The van der Waals surface area contributed by atoms with Gasteiger partial charge in [0.05, 0.1) is 12.2 Å². The number of aryl methyl sites for hydroxylation is 1. The third-order valence-corrected chi connectivity index (χ3v) is 6.60. The van der Waals surface area contributed by atoms with Crippen LogP contribution in [0.3, 0.4) is 0 Å². The summed E-state index contributed by atoms with van der Waals surface area (Å²) in [6.45, 7) is 2.91. The van der Waals surface area contributed by atoms with Crippen LogP contribution >= 0.6 is 34.3 Å². The maximum Gasteiger partial charge on any atom is 0.266 e. The first kappa shape index (κ1) is 18.5. The van der Waals surface area contributed by atoms with E-state index in [1.165, 1.54) is 16.2 Å². The van der Waals surface area contributed by atoms with Crippen molar-refractivity contribution in [3.63, 3.8) is 0 Å². The summed E-state index contributed by atoms with van der Waals surface area (Å²) < 4.78 is 5.77. The lowest BCUT2D eigenvalue weighted by molar-refractivity contribution is 0.0735. The number of aromatic nitrogens is 1. The summed E-state index contributed by atoms with van der Waals surface area (Å²) in [6, 6.07) is 11.7. The van der Waals surface area contributed by atoms with Crippen LogP contribution in [0.5, 0.6) is 5.75 Å². The van der Waals surface area contributed by atoms with Crippen molar-refractivity contribution in [2.75, 3.05) is 0 Å². The van der Waals surface area contributed by atoms with Crippen LogP contribution in [-0.2, 0) is 13.2 Å². The molecule has 0 aliphatic heterocycles. The van der Waals surface area contributed by atoms with Crippen molar-refractivity contribution in [1.82, 2.24) is 9.88 Å². The number of hydrogen-bond donors (Lipinski definition) is 0. The highest BCUT2D eigenvalue weighted by Crippen LogP contribution is 2.32. The van der Waals surface area contributed by atoms with Crippen LogP contribution in [0.1, 0.15) is 38.1 Å². The Kier molecular flexibility index (Phi) is 5.48. The largest absolute Gasteiger partial charge is 0.486 e. The van der Waals surface area contributed by atoms with Gasteiger partial charge in [-0.25, -0.2) is 4.98 Å². The molecule has 0 N–H and O–H groups in total. The Labute approximate surface area is 171 Å². The zero-order valence-electron chi connectivity index (χ0n) is 14.9. The van der Waals surface area contributed by atoms with Gasteiger partial charge < -0.3 is 9.64 Å². The number of amides is 1. The van der Waals surface area contributed by atoms with Crippen LogP contribution in [0.4, 0.5) is 0 Å². The second-order valence-electron chi connectivity index (χ2n) is 6.51. The Bertz CT molecular complexity index is 918. The maximum absolute atomic E-state index is 13.1. The normalized spacial score (nSPS) is 13.6. The van der Waals surface area contributed by atoms with Crippen LogP contribution < -0.4 is 4.74 Å². The number of thiophene rings is 1. The molecule has 7 heteroatoms. The number of rotatable bonds is 7. The lowest BCUT2D eigenvalue weighted by Gasteiger charge is -2.21. The third kappa shape index (κ3) is 4.51. The fourth-order valence-electron chi connectivity index (χ4n) is 2.84. The monoisotopic (exact) mass is 418 g/mol. The van der Waals surface area contributed by atoms with Gasteiger partial charge in [0.15, 0.2) is 0 Å². The molecule has 140 valence electrons. The van der Waals surface area contributed by atoms with Gasteiger partial charge in [-0.05, 0) is 55.5 Å². The molecule has 0 saturated heterocycles. The summed E-state index contributed by atoms with van der Waals surface area (Å²) in [5.41, 5.74) is 0.775. The van der Waals surface area contributed by atoms with E-state index in [-0.39, 0.29) is 5.91 Å². The minimum atomic E-state index is 0.0821. The Morgan fingerprint density at radius 3 is 2.74 bits per heavy atom. The Morgan fingerprint density at radius 2 is 2.07 bits per heavy atom. The minimum Gasteiger partial charge on any atom is -0.486 e. The molecule has 1 saturated carbocycles. The zero-order valence-corrected chi connectivity index (χ0v) is 17.2. The second-order valence-corrected chi connectivity index (χ2v) is 9.06. The number of carbonyl (C=O) groups excluding carboxylic acids is 1. The van der Waals surface area contributed by atoms with Crippen LogP contribution in [0.2, 0.25) is 5.02 Å². The fourth-order valence-corrected chi connectivity index (χ4v) is 4.60. The van der Waals surface area contributed by atoms with E-state index >= 15 is 0 Å². The van der Waals surface area contributed by atoms with Crippen molar-refractivity contribution in [1.29, 1.82) is 0 Å². The number of carbonyl (C=O) groups is 1. The average Bonchev–Trinajstić information content (AvgIpc) is 3.24. The first-order valence-electron chi connectivity index (χ1n) is 8.78. The smallest absolute Gasteiger partial charge is 0.266 e. The van der Waals surface area contributed by atoms with E-state index in [1.54, 1.807) is 23.5 Å². The van der Waals surface area contributed by atoms with Crippen molar-refractivity contribution in [2.45, 2.75) is 39.0 Å². The van der Waals surface area contributed by atoms with Gasteiger partial charge in [0.1, 0.15) is 22.2 Å². The molecule has 4 nitrogen and oxygen atoms in total. The number of nitrogens with zero attached hydrogens (tertiary/aromatic N) is 2. The molecule has 1 aliphatic carbocycles. The molecule has 1 amide bonds. The average molecular weight is 419 g/mol.